The molecule has 0 bridgehead atoms. The maximum absolute atomic E-state index is 5.57. The van der Waals surface area contributed by atoms with Gasteiger partial charge in [0, 0.05) is 5.56 Å². The summed E-state index contributed by atoms with van der Waals surface area (Å²) >= 11 is 0. The number of hydrogen-bond donors (Lipinski definition) is 0. The lowest BCUT2D eigenvalue weighted by atomic mass is 9.97. The SMILES string of the molecule is COc1cccc(-c2ccc(-c3ccc(-c4ccccc4)cc3)cc2)c1OC. The van der Waals surface area contributed by atoms with Crippen molar-refractivity contribution in [3.8, 4) is 44.9 Å². The number of rotatable bonds is 5. The summed E-state index contributed by atoms with van der Waals surface area (Å²) in [5.41, 5.74) is 6.96. The monoisotopic (exact) mass is 366 g/mol. The molecule has 28 heavy (non-hydrogen) atoms. The second kappa shape index (κ2) is 8.01. The number of ether oxygens (including phenoxy) is 2. The first kappa shape index (κ1) is 17.9. The van der Waals surface area contributed by atoms with Crippen LogP contribution in [0.5, 0.6) is 11.5 Å². The fourth-order valence-corrected chi connectivity index (χ4v) is 3.44. The van der Waals surface area contributed by atoms with E-state index in [1.54, 1.807) is 14.2 Å². The number of methoxy groups -OCH3 is 2. The molecule has 0 N–H and O–H groups in total. The van der Waals surface area contributed by atoms with E-state index < -0.39 is 0 Å². The minimum atomic E-state index is 0.737. The van der Waals surface area contributed by atoms with Crippen molar-refractivity contribution in [1.82, 2.24) is 0 Å². The Morgan fingerprint density at radius 2 is 0.929 bits per heavy atom. The topological polar surface area (TPSA) is 18.5 Å². The van der Waals surface area contributed by atoms with Crippen molar-refractivity contribution in [2.45, 2.75) is 0 Å². The largest absolute Gasteiger partial charge is 0.493 e. The number of benzene rings is 4. The van der Waals surface area contributed by atoms with Gasteiger partial charge in [-0.25, -0.2) is 0 Å². The van der Waals surface area contributed by atoms with Gasteiger partial charge in [-0.05, 0) is 33.9 Å². The smallest absolute Gasteiger partial charge is 0.168 e. The zero-order valence-corrected chi connectivity index (χ0v) is 16.1. The van der Waals surface area contributed by atoms with Crippen molar-refractivity contribution in [3.05, 3.63) is 97.1 Å². The minimum absolute atomic E-state index is 0.737. The van der Waals surface area contributed by atoms with Gasteiger partial charge >= 0.3 is 0 Å². The highest BCUT2D eigenvalue weighted by molar-refractivity contribution is 5.77. The molecule has 0 saturated carbocycles. The molecule has 0 aromatic heterocycles. The minimum Gasteiger partial charge on any atom is -0.493 e. The van der Waals surface area contributed by atoms with E-state index in [-0.39, 0.29) is 0 Å². The van der Waals surface area contributed by atoms with E-state index in [2.05, 4.69) is 72.8 Å². The van der Waals surface area contributed by atoms with Gasteiger partial charge in [-0.15, -0.1) is 0 Å². The molecule has 4 aromatic rings. The fraction of sp³-hybridized carbons (Fsp3) is 0.0769. The zero-order chi connectivity index (χ0) is 19.3. The maximum atomic E-state index is 5.57. The first-order chi connectivity index (χ1) is 13.8. The van der Waals surface area contributed by atoms with Gasteiger partial charge in [-0.2, -0.15) is 0 Å². The van der Waals surface area contributed by atoms with E-state index in [0.717, 1.165) is 22.6 Å². The van der Waals surface area contributed by atoms with E-state index in [4.69, 9.17) is 9.47 Å². The molecule has 0 unspecified atom stereocenters. The van der Waals surface area contributed by atoms with Crippen molar-refractivity contribution in [2.24, 2.45) is 0 Å². The Morgan fingerprint density at radius 3 is 1.43 bits per heavy atom. The van der Waals surface area contributed by atoms with Crippen molar-refractivity contribution < 1.29 is 9.47 Å². The van der Waals surface area contributed by atoms with Crippen LogP contribution in [0.3, 0.4) is 0 Å². The molecule has 0 saturated heterocycles. The highest BCUT2D eigenvalue weighted by atomic mass is 16.5. The van der Waals surface area contributed by atoms with E-state index in [0.29, 0.717) is 0 Å². The van der Waals surface area contributed by atoms with Crippen LogP contribution >= 0.6 is 0 Å². The molecule has 0 aliphatic carbocycles. The number of para-hydroxylation sites is 1. The lowest BCUT2D eigenvalue weighted by molar-refractivity contribution is 0.356. The van der Waals surface area contributed by atoms with Crippen LogP contribution in [0.25, 0.3) is 33.4 Å². The Morgan fingerprint density at radius 1 is 0.429 bits per heavy atom. The van der Waals surface area contributed by atoms with Crippen LogP contribution in [-0.2, 0) is 0 Å². The molecule has 138 valence electrons. The second-order valence-corrected chi connectivity index (χ2v) is 6.56. The van der Waals surface area contributed by atoms with E-state index >= 15 is 0 Å². The zero-order valence-electron chi connectivity index (χ0n) is 16.1. The van der Waals surface area contributed by atoms with E-state index in [1.165, 1.54) is 22.3 Å². The molecule has 0 aliphatic heterocycles. The van der Waals surface area contributed by atoms with Crippen LogP contribution in [-0.4, -0.2) is 14.2 Å². The Bertz CT molecular complexity index is 1050. The van der Waals surface area contributed by atoms with Crippen molar-refractivity contribution >= 4 is 0 Å². The maximum Gasteiger partial charge on any atom is 0.168 e. The average Bonchev–Trinajstić information content (AvgIpc) is 2.79. The van der Waals surface area contributed by atoms with E-state index in [1.807, 2.05) is 24.3 Å². The van der Waals surface area contributed by atoms with Crippen molar-refractivity contribution in [1.29, 1.82) is 0 Å². The summed E-state index contributed by atoms with van der Waals surface area (Å²) in [6, 6.07) is 33.6. The molecular formula is C26H22O2. The first-order valence-corrected chi connectivity index (χ1v) is 9.27. The first-order valence-electron chi connectivity index (χ1n) is 9.27. The van der Waals surface area contributed by atoms with Gasteiger partial charge in [0.25, 0.3) is 0 Å². The summed E-state index contributed by atoms with van der Waals surface area (Å²) in [6.45, 7) is 0. The van der Waals surface area contributed by atoms with E-state index in [9.17, 15) is 0 Å². The van der Waals surface area contributed by atoms with Crippen LogP contribution < -0.4 is 9.47 Å². The lowest BCUT2D eigenvalue weighted by Crippen LogP contribution is -1.93. The van der Waals surface area contributed by atoms with Gasteiger partial charge in [0.15, 0.2) is 11.5 Å². The predicted molar refractivity (Wildman–Crippen MR) is 116 cm³/mol. The van der Waals surface area contributed by atoms with Crippen LogP contribution in [0.1, 0.15) is 0 Å². The molecule has 0 spiro atoms. The highest BCUT2D eigenvalue weighted by Gasteiger charge is 2.11. The molecule has 2 nitrogen and oxygen atoms in total. The Kier molecular flexibility index (Phi) is 5.11. The summed E-state index contributed by atoms with van der Waals surface area (Å²) in [5, 5.41) is 0. The highest BCUT2D eigenvalue weighted by Crippen LogP contribution is 2.38. The van der Waals surface area contributed by atoms with Crippen molar-refractivity contribution in [3.63, 3.8) is 0 Å². The van der Waals surface area contributed by atoms with Gasteiger partial charge in [0.1, 0.15) is 0 Å². The molecule has 0 atom stereocenters. The molecule has 0 radical (unpaired) electrons. The Labute approximate surface area is 166 Å². The molecule has 0 heterocycles. The van der Waals surface area contributed by atoms with Gasteiger partial charge in [0.2, 0.25) is 0 Å². The third-order valence-corrected chi connectivity index (χ3v) is 4.92. The van der Waals surface area contributed by atoms with Crippen molar-refractivity contribution in [2.75, 3.05) is 14.2 Å². The molecule has 0 aliphatic rings. The standard InChI is InChI=1S/C26H22O2/c1-27-25-10-6-9-24(26(25)28-2)23-17-15-22(16-18-23)21-13-11-20(12-14-21)19-7-4-3-5-8-19/h3-18H,1-2H3. The van der Waals surface area contributed by atoms with Crippen LogP contribution in [0.15, 0.2) is 97.1 Å². The summed E-state index contributed by atoms with van der Waals surface area (Å²) in [7, 11) is 3.33. The Hall–Kier alpha value is -3.52. The molecule has 4 rings (SSSR count). The normalized spacial score (nSPS) is 10.5. The third kappa shape index (κ3) is 3.49. The number of hydrogen-bond acceptors (Lipinski definition) is 2. The molecule has 2 heteroatoms. The van der Waals surface area contributed by atoms with Gasteiger partial charge in [0.05, 0.1) is 14.2 Å². The quantitative estimate of drug-likeness (QED) is 0.391. The summed E-state index contributed by atoms with van der Waals surface area (Å²) < 4.78 is 11.0. The third-order valence-electron chi connectivity index (χ3n) is 4.92. The van der Waals surface area contributed by atoms with Crippen LogP contribution in [0, 0.1) is 0 Å². The summed E-state index contributed by atoms with van der Waals surface area (Å²) in [4.78, 5) is 0. The second-order valence-electron chi connectivity index (χ2n) is 6.56. The molecular weight excluding hydrogens is 344 g/mol. The Balaban J connectivity index is 1.62. The van der Waals surface area contributed by atoms with Gasteiger partial charge in [-0.1, -0.05) is 91.0 Å². The predicted octanol–water partition coefficient (Wildman–Crippen LogP) is 6.70. The van der Waals surface area contributed by atoms with Crippen LogP contribution in [0.2, 0.25) is 0 Å². The summed E-state index contributed by atoms with van der Waals surface area (Å²) in [5.74, 6) is 1.49. The lowest BCUT2D eigenvalue weighted by Gasteiger charge is -2.13. The van der Waals surface area contributed by atoms with Gasteiger partial charge < -0.3 is 9.47 Å². The molecule has 0 fully saturated rings. The van der Waals surface area contributed by atoms with Crippen LogP contribution in [0.4, 0.5) is 0 Å². The fourth-order valence-electron chi connectivity index (χ4n) is 3.44. The molecule has 4 aromatic carbocycles. The average molecular weight is 366 g/mol. The molecule has 0 amide bonds. The van der Waals surface area contributed by atoms with Gasteiger partial charge in [-0.3, -0.25) is 0 Å². The summed E-state index contributed by atoms with van der Waals surface area (Å²) in [6.07, 6.45) is 0.